The van der Waals surface area contributed by atoms with Crippen LogP contribution in [0.15, 0.2) is 0 Å². The number of fused-ring (bicyclic) bond motifs is 2. The Morgan fingerprint density at radius 3 is 2.43 bits per heavy atom. The summed E-state index contributed by atoms with van der Waals surface area (Å²) in [6, 6.07) is 0. The fourth-order valence-corrected chi connectivity index (χ4v) is 6.11. The summed E-state index contributed by atoms with van der Waals surface area (Å²) in [5.41, 5.74) is 0. The van der Waals surface area contributed by atoms with E-state index in [0.29, 0.717) is 18.6 Å². The van der Waals surface area contributed by atoms with Crippen LogP contribution in [0.1, 0.15) is 19.3 Å². The summed E-state index contributed by atoms with van der Waals surface area (Å²) in [6.07, 6.45) is -4.27. The van der Waals surface area contributed by atoms with Gasteiger partial charge in [-0.15, -0.1) is 0 Å². The second-order valence-electron chi connectivity index (χ2n) is 7.70. The number of hydrogen-bond donors (Lipinski definition) is 4. The second kappa shape index (κ2) is 8.90. The van der Waals surface area contributed by atoms with E-state index in [9.17, 15) is 39.3 Å². The van der Waals surface area contributed by atoms with Crippen LogP contribution < -0.4 is 0 Å². The topological polar surface area (TPSA) is 185 Å². The summed E-state index contributed by atoms with van der Waals surface area (Å²) in [5, 5.41) is 37.6. The van der Waals surface area contributed by atoms with Gasteiger partial charge in [-0.2, -0.15) is 11.8 Å². The van der Waals surface area contributed by atoms with Crippen molar-refractivity contribution in [3.63, 3.8) is 0 Å². The van der Waals surface area contributed by atoms with Gasteiger partial charge < -0.3 is 29.9 Å². The zero-order valence-electron chi connectivity index (χ0n) is 15.7. The number of carbonyl (C=O) groups excluding carboxylic acids is 3. The van der Waals surface area contributed by atoms with Gasteiger partial charge in [-0.3, -0.25) is 19.2 Å². The summed E-state index contributed by atoms with van der Waals surface area (Å²) in [6.45, 7) is -0.688. The number of carbonyl (C=O) groups is 5. The molecule has 2 bridgehead atoms. The van der Waals surface area contributed by atoms with Crippen LogP contribution in [0, 0.1) is 23.7 Å². The number of rotatable bonds is 9. The molecule has 1 heterocycles. The molecule has 3 aliphatic rings. The van der Waals surface area contributed by atoms with Crippen LogP contribution in [0.3, 0.4) is 0 Å². The molecule has 0 amide bonds. The molecule has 8 atom stereocenters. The molecule has 12 heteroatoms. The summed E-state index contributed by atoms with van der Waals surface area (Å²) < 4.78 is 9.60. The molecule has 0 aromatic carbocycles. The van der Waals surface area contributed by atoms with E-state index in [1.165, 1.54) is 11.8 Å². The third kappa shape index (κ3) is 4.30. The molecule has 0 aromatic rings. The summed E-state index contributed by atoms with van der Waals surface area (Å²) >= 11 is 1.40. The monoisotopic (exact) mass is 446 g/mol. The standard InChI is InChI=1S/C18H22O11S/c19-8(15-13(22)14(23)18(27)29-15)5-28-17(26)11-6-3-7(12(11)16(24)25)9(4-6)30-2-1-10(20)21/h6-9,11-12,14-15,19,23H,1-5H2,(H,20,21)(H,24,25)/t6?,7?,8-,9?,11?,12?,14?,15+/m0/s1. The quantitative estimate of drug-likeness (QED) is 0.242. The Balaban J connectivity index is 1.57. The highest BCUT2D eigenvalue weighted by Gasteiger charge is 2.59. The van der Waals surface area contributed by atoms with Gasteiger partial charge in [0.2, 0.25) is 11.9 Å². The van der Waals surface area contributed by atoms with Crippen molar-refractivity contribution >= 4 is 41.4 Å². The van der Waals surface area contributed by atoms with E-state index in [1.54, 1.807) is 0 Å². The van der Waals surface area contributed by atoms with Gasteiger partial charge in [0.25, 0.3) is 0 Å². The smallest absolute Gasteiger partial charge is 0.343 e. The fourth-order valence-electron chi connectivity index (χ4n) is 4.61. The number of ketones is 1. The van der Waals surface area contributed by atoms with Crippen molar-refractivity contribution in [2.75, 3.05) is 12.4 Å². The van der Waals surface area contributed by atoms with Crippen LogP contribution >= 0.6 is 11.8 Å². The van der Waals surface area contributed by atoms with Gasteiger partial charge in [-0.1, -0.05) is 0 Å². The minimum Gasteiger partial charge on any atom is -0.481 e. The summed E-state index contributed by atoms with van der Waals surface area (Å²) in [4.78, 5) is 57.9. The number of aliphatic hydroxyl groups excluding tert-OH is 2. The van der Waals surface area contributed by atoms with Gasteiger partial charge in [-0.05, 0) is 24.7 Å². The number of hydrogen-bond acceptors (Lipinski definition) is 10. The molecular formula is C18H22O11S. The molecule has 1 aliphatic heterocycles. The number of carboxylic acids is 2. The predicted molar refractivity (Wildman–Crippen MR) is 97.2 cm³/mol. The molecule has 0 aromatic heterocycles. The highest BCUT2D eigenvalue weighted by atomic mass is 32.2. The fraction of sp³-hybridized carbons (Fsp3) is 0.722. The van der Waals surface area contributed by atoms with Crippen molar-refractivity contribution in [2.45, 2.75) is 42.8 Å². The Bertz CT molecular complexity index is 752. The van der Waals surface area contributed by atoms with E-state index in [0.717, 1.165) is 0 Å². The maximum atomic E-state index is 12.6. The average Bonchev–Trinajstić information content (AvgIpc) is 3.33. The number of carboxylic acid groups (broad SMARTS) is 2. The van der Waals surface area contributed by atoms with Crippen LogP contribution in [-0.4, -0.2) is 86.0 Å². The first-order valence-electron chi connectivity index (χ1n) is 9.45. The van der Waals surface area contributed by atoms with E-state index >= 15 is 0 Å². The van der Waals surface area contributed by atoms with Gasteiger partial charge in [0.1, 0.15) is 12.7 Å². The van der Waals surface area contributed by atoms with Crippen LogP contribution in [0.2, 0.25) is 0 Å². The number of esters is 2. The van der Waals surface area contributed by atoms with E-state index in [4.69, 9.17) is 9.84 Å². The average molecular weight is 446 g/mol. The minimum atomic E-state index is -1.99. The number of ether oxygens (including phenoxy) is 2. The Morgan fingerprint density at radius 2 is 1.87 bits per heavy atom. The normalized spacial score (nSPS) is 35.9. The number of cyclic esters (lactones) is 1. The molecular weight excluding hydrogens is 424 g/mol. The molecule has 0 radical (unpaired) electrons. The Kier molecular flexibility index (Phi) is 6.68. The van der Waals surface area contributed by atoms with Crippen molar-refractivity contribution in [1.82, 2.24) is 0 Å². The lowest BCUT2D eigenvalue weighted by molar-refractivity contribution is -0.165. The summed E-state index contributed by atoms with van der Waals surface area (Å²) in [7, 11) is 0. The lowest BCUT2D eigenvalue weighted by Crippen LogP contribution is -2.42. The molecule has 6 unspecified atom stereocenters. The third-order valence-corrected chi connectivity index (χ3v) is 7.32. The van der Waals surface area contributed by atoms with Crippen LogP contribution in [0.25, 0.3) is 0 Å². The Morgan fingerprint density at radius 1 is 1.17 bits per heavy atom. The van der Waals surface area contributed by atoms with Gasteiger partial charge in [0, 0.05) is 11.0 Å². The highest BCUT2D eigenvalue weighted by molar-refractivity contribution is 7.99. The Labute approximate surface area is 174 Å². The third-order valence-electron chi connectivity index (χ3n) is 5.91. The van der Waals surface area contributed by atoms with Crippen LogP contribution in [0.5, 0.6) is 0 Å². The molecule has 11 nitrogen and oxygen atoms in total. The second-order valence-corrected chi connectivity index (χ2v) is 9.04. The SMILES string of the molecule is O=C(O)CCSC1CC2CC1C(C(=O)O)C2C(=O)OC[C@H](O)[C@H]1OC(=O)C(O)C1=O. The molecule has 1 saturated heterocycles. The van der Waals surface area contributed by atoms with Gasteiger partial charge in [-0.25, -0.2) is 4.79 Å². The number of thioether (sulfide) groups is 1. The van der Waals surface area contributed by atoms with E-state index in [-0.39, 0.29) is 23.5 Å². The molecule has 166 valence electrons. The Hall–Kier alpha value is -2.18. The van der Waals surface area contributed by atoms with E-state index in [1.807, 2.05) is 0 Å². The van der Waals surface area contributed by atoms with Gasteiger partial charge in [0.15, 0.2) is 6.10 Å². The largest absolute Gasteiger partial charge is 0.481 e. The lowest BCUT2D eigenvalue weighted by Gasteiger charge is -2.32. The zero-order chi connectivity index (χ0) is 22.2. The number of aliphatic hydroxyl groups is 2. The van der Waals surface area contributed by atoms with E-state index < -0.39 is 66.4 Å². The summed E-state index contributed by atoms with van der Waals surface area (Å²) in [5.74, 6) is -7.19. The molecule has 2 saturated carbocycles. The van der Waals surface area contributed by atoms with Crippen LogP contribution in [0.4, 0.5) is 0 Å². The van der Waals surface area contributed by atoms with Crippen molar-refractivity contribution in [2.24, 2.45) is 23.7 Å². The lowest BCUT2D eigenvalue weighted by atomic mass is 9.79. The van der Waals surface area contributed by atoms with Crippen molar-refractivity contribution in [1.29, 1.82) is 0 Å². The predicted octanol–water partition coefficient (Wildman–Crippen LogP) is -1.32. The maximum absolute atomic E-state index is 12.6. The first-order chi connectivity index (χ1) is 14.1. The zero-order valence-corrected chi connectivity index (χ0v) is 16.5. The first kappa shape index (κ1) is 22.5. The minimum absolute atomic E-state index is 0.0290. The van der Waals surface area contributed by atoms with Gasteiger partial charge >= 0.3 is 23.9 Å². The molecule has 2 aliphatic carbocycles. The molecule has 3 fully saturated rings. The van der Waals surface area contributed by atoms with E-state index in [2.05, 4.69) is 4.74 Å². The van der Waals surface area contributed by atoms with Crippen molar-refractivity contribution < 1.29 is 53.9 Å². The number of aliphatic carboxylic acids is 2. The molecule has 3 rings (SSSR count). The first-order valence-corrected chi connectivity index (χ1v) is 10.5. The van der Waals surface area contributed by atoms with Crippen LogP contribution in [-0.2, 0) is 33.4 Å². The molecule has 4 N–H and O–H groups in total. The molecule has 0 spiro atoms. The number of Topliss-reactive ketones (excluding diaryl/α,β-unsaturated/α-hetero) is 1. The van der Waals surface area contributed by atoms with Crippen molar-refractivity contribution in [3.05, 3.63) is 0 Å². The van der Waals surface area contributed by atoms with Crippen molar-refractivity contribution in [3.8, 4) is 0 Å². The molecule has 30 heavy (non-hydrogen) atoms. The maximum Gasteiger partial charge on any atom is 0.343 e. The highest BCUT2D eigenvalue weighted by Crippen LogP contribution is 2.56. The van der Waals surface area contributed by atoms with Gasteiger partial charge in [0.05, 0.1) is 18.3 Å².